The van der Waals surface area contributed by atoms with Crippen LogP contribution in [0.3, 0.4) is 0 Å². The molecular formula is C8H9Cl3N2. The van der Waals surface area contributed by atoms with Crippen molar-refractivity contribution in [3.63, 3.8) is 0 Å². The van der Waals surface area contributed by atoms with Crippen LogP contribution in [0.25, 0.3) is 0 Å². The van der Waals surface area contributed by atoms with Gasteiger partial charge in [-0.2, -0.15) is 5.10 Å². The lowest BCUT2D eigenvalue weighted by molar-refractivity contribution is 0.566. The maximum Gasteiger partial charge on any atom is 0.153 e. The average Bonchev–Trinajstić information content (AvgIpc) is 2.03. The Morgan fingerprint density at radius 2 is 1.92 bits per heavy atom. The van der Waals surface area contributed by atoms with Crippen molar-refractivity contribution in [2.75, 3.05) is 5.88 Å². The van der Waals surface area contributed by atoms with Crippen LogP contribution in [-0.4, -0.2) is 16.1 Å². The summed E-state index contributed by atoms with van der Waals surface area (Å²) in [6.07, 6.45) is 0. The van der Waals surface area contributed by atoms with Gasteiger partial charge in [0, 0.05) is 11.3 Å². The Kier molecular flexibility index (Phi) is 3.38. The number of halogens is 3. The van der Waals surface area contributed by atoms with E-state index in [2.05, 4.69) is 10.2 Å². The first-order valence-corrected chi connectivity index (χ1v) is 5.01. The van der Waals surface area contributed by atoms with E-state index < -0.39 is 0 Å². The number of nitrogens with zero attached hydrogens (tertiary/aromatic N) is 2. The smallest absolute Gasteiger partial charge is 0.152 e. The Morgan fingerprint density at radius 1 is 1.31 bits per heavy atom. The van der Waals surface area contributed by atoms with Crippen LogP contribution in [0.1, 0.15) is 19.5 Å². The summed E-state index contributed by atoms with van der Waals surface area (Å²) in [5.41, 5.74) is 0.393. The first kappa shape index (κ1) is 11.0. The van der Waals surface area contributed by atoms with Gasteiger partial charge in [0.2, 0.25) is 0 Å². The van der Waals surface area contributed by atoms with E-state index >= 15 is 0 Å². The van der Waals surface area contributed by atoms with E-state index in [1.54, 1.807) is 6.07 Å². The van der Waals surface area contributed by atoms with Crippen molar-refractivity contribution in [1.29, 1.82) is 0 Å². The summed E-state index contributed by atoms with van der Waals surface area (Å²) in [7, 11) is 0. The topological polar surface area (TPSA) is 25.8 Å². The summed E-state index contributed by atoms with van der Waals surface area (Å²) >= 11 is 17.3. The predicted octanol–water partition coefficient (Wildman–Crippen LogP) is 3.30. The maximum absolute atomic E-state index is 5.95. The molecule has 0 saturated carbocycles. The molecular weight excluding hydrogens is 230 g/mol. The van der Waals surface area contributed by atoms with Crippen molar-refractivity contribution < 1.29 is 0 Å². The van der Waals surface area contributed by atoms with Gasteiger partial charge >= 0.3 is 0 Å². The normalized spacial score (nSPS) is 11.8. The Hall–Kier alpha value is -0.0500. The highest BCUT2D eigenvalue weighted by Gasteiger charge is 2.24. The van der Waals surface area contributed by atoms with Gasteiger partial charge in [0.05, 0.1) is 10.7 Å². The van der Waals surface area contributed by atoms with Gasteiger partial charge in [-0.05, 0) is 6.07 Å². The average molecular weight is 240 g/mol. The van der Waals surface area contributed by atoms with Crippen LogP contribution in [0, 0.1) is 0 Å². The molecule has 1 aromatic heterocycles. The first-order chi connectivity index (χ1) is 5.97. The van der Waals surface area contributed by atoms with E-state index in [-0.39, 0.29) is 5.41 Å². The van der Waals surface area contributed by atoms with Gasteiger partial charge in [-0.15, -0.1) is 16.7 Å². The summed E-state index contributed by atoms with van der Waals surface area (Å²) in [6.45, 7) is 3.90. The van der Waals surface area contributed by atoms with Crippen molar-refractivity contribution >= 4 is 34.8 Å². The van der Waals surface area contributed by atoms with E-state index in [4.69, 9.17) is 34.8 Å². The molecule has 0 aliphatic heterocycles. The molecule has 2 nitrogen and oxygen atoms in total. The molecule has 1 aromatic rings. The maximum atomic E-state index is 5.95. The SMILES string of the molecule is CC(C)(CCl)c1nnc(Cl)cc1Cl. The highest BCUT2D eigenvalue weighted by molar-refractivity contribution is 6.34. The van der Waals surface area contributed by atoms with Crippen LogP contribution in [0.5, 0.6) is 0 Å². The number of hydrogen-bond donors (Lipinski definition) is 0. The minimum Gasteiger partial charge on any atom is -0.152 e. The molecule has 5 heteroatoms. The molecule has 1 heterocycles. The van der Waals surface area contributed by atoms with Crippen LogP contribution in [0.15, 0.2) is 6.07 Å². The van der Waals surface area contributed by atoms with Crippen molar-refractivity contribution in [2.45, 2.75) is 19.3 Å². The third-order valence-corrected chi connectivity index (χ3v) is 2.83. The van der Waals surface area contributed by atoms with Gasteiger partial charge in [-0.3, -0.25) is 0 Å². The zero-order valence-corrected chi connectivity index (χ0v) is 9.58. The molecule has 0 aromatic carbocycles. The third-order valence-electron chi connectivity index (χ3n) is 1.69. The molecule has 0 aliphatic carbocycles. The van der Waals surface area contributed by atoms with Crippen molar-refractivity contribution in [1.82, 2.24) is 10.2 Å². The van der Waals surface area contributed by atoms with Gasteiger partial charge in [-0.1, -0.05) is 37.0 Å². The fraction of sp³-hybridized carbons (Fsp3) is 0.500. The first-order valence-electron chi connectivity index (χ1n) is 3.72. The zero-order valence-electron chi connectivity index (χ0n) is 7.31. The molecule has 0 radical (unpaired) electrons. The molecule has 0 aliphatic rings. The molecule has 0 atom stereocenters. The molecule has 1 rings (SSSR count). The van der Waals surface area contributed by atoms with Crippen LogP contribution in [-0.2, 0) is 5.41 Å². The molecule has 0 spiro atoms. The second kappa shape index (κ2) is 3.99. The van der Waals surface area contributed by atoms with Crippen molar-refractivity contribution in [3.05, 3.63) is 21.9 Å². The lowest BCUT2D eigenvalue weighted by Crippen LogP contribution is -2.22. The molecule has 13 heavy (non-hydrogen) atoms. The predicted molar refractivity (Wildman–Crippen MR) is 55.8 cm³/mol. The second-order valence-electron chi connectivity index (χ2n) is 3.38. The second-order valence-corrected chi connectivity index (χ2v) is 4.44. The van der Waals surface area contributed by atoms with Crippen LogP contribution < -0.4 is 0 Å². The Labute approximate surface area is 92.2 Å². The molecule has 0 bridgehead atoms. The summed E-state index contributed by atoms with van der Waals surface area (Å²) in [5.74, 6) is 0.434. The Morgan fingerprint density at radius 3 is 2.38 bits per heavy atom. The minimum absolute atomic E-state index is 0.282. The van der Waals surface area contributed by atoms with Crippen molar-refractivity contribution in [3.8, 4) is 0 Å². The molecule has 0 fully saturated rings. The molecule has 72 valence electrons. The standard InChI is InChI=1S/C8H9Cl3N2/c1-8(2,4-9)7-5(10)3-6(11)12-13-7/h3H,4H2,1-2H3. The van der Waals surface area contributed by atoms with Gasteiger partial charge in [0.1, 0.15) is 0 Å². The van der Waals surface area contributed by atoms with E-state index in [0.717, 1.165) is 0 Å². The fourth-order valence-corrected chi connectivity index (χ4v) is 1.60. The summed E-state index contributed by atoms with van der Waals surface area (Å²) < 4.78 is 0. The van der Waals surface area contributed by atoms with Crippen LogP contribution >= 0.6 is 34.8 Å². The number of alkyl halides is 1. The Balaban J connectivity index is 3.16. The highest BCUT2D eigenvalue weighted by Crippen LogP contribution is 2.29. The zero-order chi connectivity index (χ0) is 10.1. The van der Waals surface area contributed by atoms with Crippen LogP contribution in [0.2, 0.25) is 10.2 Å². The highest BCUT2D eigenvalue weighted by atomic mass is 35.5. The Bertz CT molecular complexity index is 312. The molecule has 0 N–H and O–H groups in total. The van der Waals surface area contributed by atoms with Gasteiger partial charge < -0.3 is 0 Å². The minimum atomic E-state index is -0.282. The summed E-state index contributed by atoms with van der Waals surface area (Å²) in [6, 6.07) is 1.57. The number of rotatable bonds is 2. The van der Waals surface area contributed by atoms with E-state index in [0.29, 0.717) is 21.7 Å². The summed E-state index contributed by atoms with van der Waals surface area (Å²) in [4.78, 5) is 0. The number of hydrogen-bond acceptors (Lipinski definition) is 2. The van der Waals surface area contributed by atoms with Gasteiger partial charge in [0.15, 0.2) is 5.15 Å². The lowest BCUT2D eigenvalue weighted by Gasteiger charge is -2.20. The third kappa shape index (κ3) is 2.46. The fourth-order valence-electron chi connectivity index (χ4n) is 0.869. The van der Waals surface area contributed by atoms with E-state index in [1.165, 1.54) is 0 Å². The number of aromatic nitrogens is 2. The van der Waals surface area contributed by atoms with E-state index in [9.17, 15) is 0 Å². The monoisotopic (exact) mass is 238 g/mol. The molecule has 0 unspecified atom stereocenters. The molecule has 0 amide bonds. The largest absolute Gasteiger partial charge is 0.153 e. The van der Waals surface area contributed by atoms with Gasteiger partial charge in [0.25, 0.3) is 0 Å². The summed E-state index contributed by atoms with van der Waals surface area (Å²) in [5, 5.41) is 8.44. The lowest BCUT2D eigenvalue weighted by atomic mass is 9.92. The quantitative estimate of drug-likeness (QED) is 0.740. The van der Waals surface area contributed by atoms with E-state index in [1.807, 2.05) is 13.8 Å². The van der Waals surface area contributed by atoms with Gasteiger partial charge in [-0.25, -0.2) is 0 Å². The molecule has 0 saturated heterocycles. The van der Waals surface area contributed by atoms with Crippen molar-refractivity contribution in [2.24, 2.45) is 0 Å². The van der Waals surface area contributed by atoms with Crippen LogP contribution in [0.4, 0.5) is 0 Å².